The van der Waals surface area contributed by atoms with Gasteiger partial charge < -0.3 is 18.9 Å². The fourth-order valence-electron chi connectivity index (χ4n) is 5.02. The number of hydrogen-bond acceptors (Lipinski definition) is 6. The summed E-state index contributed by atoms with van der Waals surface area (Å²) < 4.78 is 22.1. The van der Waals surface area contributed by atoms with Crippen molar-refractivity contribution in [3.63, 3.8) is 0 Å². The standard InChI is InChI=1S/C26H42O6/c1-18(2)24(27)31-15-13-29-22-10-7-20(8-11-22)26(5,6)21-9-12-23(17-21)30-14-16-32-25(28)19(3)4/h20-23H,1,3,7-17H2,2,4-6H3. The van der Waals surface area contributed by atoms with E-state index >= 15 is 0 Å². The predicted molar refractivity (Wildman–Crippen MR) is 124 cm³/mol. The van der Waals surface area contributed by atoms with Gasteiger partial charge in [0, 0.05) is 11.1 Å². The molecule has 0 aliphatic heterocycles. The molecule has 0 heterocycles. The Bertz CT molecular complexity index is 659. The van der Waals surface area contributed by atoms with Crippen LogP contribution in [0.5, 0.6) is 0 Å². The van der Waals surface area contributed by atoms with Gasteiger partial charge in [-0.3, -0.25) is 0 Å². The number of carbonyl (C=O) groups excluding carboxylic acids is 2. The SMILES string of the molecule is C=C(C)C(=O)OCCOC1CCC(C(C)(C)C2CCC(OCCOC(=O)C(=C)C)C2)CC1. The zero-order valence-electron chi connectivity index (χ0n) is 20.5. The van der Waals surface area contributed by atoms with Crippen LogP contribution in [0.15, 0.2) is 24.3 Å². The molecule has 2 unspecified atom stereocenters. The molecule has 6 nitrogen and oxygen atoms in total. The Kier molecular flexibility index (Phi) is 10.4. The van der Waals surface area contributed by atoms with Crippen molar-refractivity contribution in [2.45, 2.75) is 84.8 Å². The van der Waals surface area contributed by atoms with Gasteiger partial charge in [-0.05, 0) is 76.0 Å². The van der Waals surface area contributed by atoms with E-state index in [2.05, 4.69) is 27.0 Å². The topological polar surface area (TPSA) is 71.1 Å². The van der Waals surface area contributed by atoms with Gasteiger partial charge in [-0.2, -0.15) is 0 Å². The van der Waals surface area contributed by atoms with E-state index in [0.717, 1.165) is 25.7 Å². The van der Waals surface area contributed by atoms with Crippen LogP contribution in [0.4, 0.5) is 0 Å². The summed E-state index contributed by atoms with van der Waals surface area (Å²) >= 11 is 0. The Morgan fingerprint density at radius 2 is 1.16 bits per heavy atom. The lowest BCUT2D eigenvalue weighted by molar-refractivity contribution is -0.142. The van der Waals surface area contributed by atoms with Crippen molar-refractivity contribution in [3.8, 4) is 0 Å². The lowest BCUT2D eigenvalue weighted by Gasteiger charge is -2.43. The van der Waals surface area contributed by atoms with Gasteiger partial charge in [-0.25, -0.2) is 9.59 Å². The molecule has 0 spiro atoms. The summed E-state index contributed by atoms with van der Waals surface area (Å²) in [5.41, 5.74) is 1.10. The smallest absolute Gasteiger partial charge is 0.333 e. The molecule has 0 aromatic carbocycles. The first-order valence-corrected chi connectivity index (χ1v) is 12.0. The highest BCUT2D eigenvalue weighted by molar-refractivity contribution is 5.87. The molecule has 0 saturated heterocycles. The third-order valence-electron chi connectivity index (χ3n) is 7.20. The van der Waals surface area contributed by atoms with Crippen molar-refractivity contribution < 1.29 is 28.5 Å². The van der Waals surface area contributed by atoms with Crippen LogP contribution < -0.4 is 0 Å². The highest BCUT2D eigenvalue weighted by Gasteiger charge is 2.42. The van der Waals surface area contributed by atoms with E-state index in [0.29, 0.717) is 36.2 Å². The van der Waals surface area contributed by atoms with Gasteiger partial charge in [-0.15, -0.1) is 0 Å². The lowest BCUT2D eigenvalue weighted by atomic mass is 9.63. The van der Waals surface area contributed by atoms with Gasteiger partial charge in [0.1, 0.15) is 13.2 Å². The second kappa shape index (κ2) is 12.5. The molecule has 2 aliphatic carbocycles. The van der Waals surface area contributed by atoms with Crippen molar-refractivity contribution in [1.82, 2.24) is 0 Å². The van der Waals surface area contributed by atoms with E-state index in [1.807, 2.05) is 0 Å². The zero-order chi connectivity index (χ0) is 23.7. The van der Waals surface area contributed by atoms with E-state index in [-0.39, 0.29) is 42.8 Å². The summed E-state index contributed by atoms with van der Waals surface area (Å²) in [6.45, 7) is 16.7. The van der Waals surface area contributed by atoms with Gasteiger partial charge in [0.15, 0.2) is 0 Å². The molecule has 32 heavy (non-hydrogen) atoms. The molecular weight excluding hydrogens is 408 g/mol. The van der Waals surface area contributed by atoms with Crippen LogP contribution in [0.1, 0.15) is 72.6 Å². The minimum absolute atomic E-state index is 0.254. The minimum atomic E-state index is -0.356. The molecule has 0 amide bonds. The molecule has 0 radical (unpaired) electrons. The van der Waals surface area contributed by atoms with Gasteiger partial charge in [-0.1, -0.05) is 27.0 Å². The third-order valence-corrected chi connectivity index (χ3v) is 7.20. The van der Waals surface area contributed by atoms with Crippen LogP contribution in [0.3, 0.4) is 0 Å². The average molecular weight is 451 g/mol. The predicted octanol–water partition coefficient (Wildman–Crippen LogP) is 5.01. The molecule has 0 aromatic heterocycles. The molecule has 2 rings (SSSR count). The van der Waals surface area contributed by atoms with Gasteiger partial charge >= 0.3 is 11.9 Å². The summed E-state index contributed by atoms with van der Waals surface area (Å²) in [5, 5.41) is 0. The Morgan fingerprint density at radius 1 is 0.719 bits per heavy atom. The molecule has 2 atom stereocenters. The average Bonchev–Trinajstić information content (AvgIpc) is 3.24. The van der Waals surface area contributed by atoms with E-state index in [9.17, 15) is 9.59 Å². The highest BCUT2D eigenvalue weighted by Crippen LogP contribution is 2.49. The Morgan fingerprint density at radius 3 is 1.66 bits per heavy atom. The Labute approximate surface area is 193 Å². The van der Waals surface area contributed by atoms with E-state index in [4.69, 9.17) is 18.9 Å². The fourth-order valence-corrected chi connectivity index (χ4v) is 5.02. The number of ether oxygens (including phenoxy) is 4. The second-order valence-corrected chi connectivity index (χ2v) is 10.0. The third kappa shape index (κ3) is 8.04. The molecule has 0 N–H and O–H groups in total. The quantitative estimate of drug-likeness (QED) is 0.236. The van der Waals surface area contributed by atoms with Crippen LogP contribution >= 0.6 is 0 Å². The maximum absolute atomic E-state index is 11.4. The van der Waals surface area contributed by atoms with E-state index in [1.165, 1.54) is 19.3 Å². The fraction of sp³-hybridized carbons (Fsp3) is 0.769. The second-order valence-electron chi connectivity index (χ2n) is 10.0. The number of hydrogen-bond donors (Lipinski definition) is 0. The van der Waals surface area contributed by atoms with Crippen LogP contribution in [-0.2, 0) is 28.5 Å². The molecular formula is C26H42O6. The molecule has 6 heteroatoms. The van der Waals surface area contributed by atoms with Crippen LogP contribution in [0.2, 0.25) is 0 Å². The summed E-state index contributed by atoms with van der Waals surface area (Å²) in [7, 11) is 0. The Balaban J connectivity index is 1.65. The monoisotopic (exact) mass is 450 g/mol. The van der Waals surface area contributed by atoms with Crippen LogP contribution in [0.25, 0.3) is 0 Å². The van der Waals surface area contributed by atoms with E-state index in [1.54, 1.807) is 13.8 Å². The highest BCUT2D eigenvalue weighted by atomic mass is 16.6. The summed E-state index contributed by atoms with van der Waals surface area (Å²) in [5.74, 6) is 0.621. The van der Waals surface area contributed by atoms with Crippen molar-refractivity contribution >= 4 is 11.9 Å². The van der Waals surface area contributed by atoms with Crippen LogP contribution in [-0.4, -0.2) is 50.6 Å². The Hall–Kier alpha value is -1.66. The summed E-state index contributed by atoms with van der Waals surface area (Å²) in [6.07, 6.45) is 8.30. The van der Waals surface area contributed by atoms with Gasteiger partial charge in [0.25, 0.3) is 0 Å². The van der Waals surface area contributed by atoms with E-state index < -0.39 is 0 Å². The van der Waals surface area contributed by atoms with Crippen molar-refractivity contribution in [3.05, 3.63) is 24.3 Å². The van der Waals surface area contributed by atoms with Crippen molar-refractivity contribution in [1.29, 1.82) is 0 Å². The normalized spacial score (nSPS) is 25.9. The van der Waals surface area contributed by atoms with Crippen molar-refractivity contribution in [2.75, 3.05) is 26.4 Å². The first kappa shape index (κ1) is 26.6. The molecule has 2 saturated carbocycles. The maximum Gasteiger partial charge on any atom is 0.333 e. The number of carbonyl (C=O) groups is 2. The van der Waals surface area contributed by atoms with Gasteiger partial charge in [0.2, 0.25) is 0 Å². The molecule has 0 aromatic rings. The van der Waals surface area contributed by atoms with Gasteiger partial charge in [0.05, 0.1) is 25.4 Å². The lowest BCUT2D eigenvalue weighted by Crippen LogP contribution is -2.36. The zero-order valence-corrected chi connectivity index (χ0v) is 20.5. The maximum atomic E-state index is 11.4. The number of rotatable bonds is 12. The molecule has 2 aliphatic rings. The van der Waals surface area contributed by atoms with Crippen molar-refractivity contribution in [2.24, 2.45) is 17.3 Å². The molecule has 0 bridgehead atoms. The first-order chi connectivity index (χ1) is 15.1. The van der Waals surface area contributed by atoms with Crippen LogP contribution in [0, 0.1) is 17.3 Å². The minimum Gasteiger partial charge on any atom is -0.460 e. The largest absolute Gasteiger partial charge is 0.460 e. The molecule has 182 valence electrons. The summed E-state index contributed by atoms with van der Waals surface area (Å²) in [6, 6.07) is 0. The summed E-state index contributed by atoms with van der Waals surface area (Å²) in [4.78, 5) is 22.8. The molecule has 2 fully saturated rings. The number of esters is 2. The first-order valence-electron chi connectivity index (χ1n) is 12.0.